The Hall–Kier alpha value is -1.79. The molecule has 102 valence electrons. The predicted molar refractivity (Wildman–Crippen MR) is 78.8 cm³/mol. The van der Waals surface area contributed by atoms with Gasteiger partial charge >= 0.3 is 0 Å². The van der Waals surface area contributed by atoms with E-state index in [2.05, 4.69) is 26.1 Å². The highest BCUT2D eigenvalue weighted by Gasteiger charge is 2.20. The molecule has 0 aliphatic carbocycles. The SMILES string of the molecule is Nc1n[nH]c(-c2ccoc2Br)c1-c1ccc(F)cc1Cl. The van der Waals surface area contributed by atoms with Gasteiger partial charge in [-0.15, -0.1) is 0 Å². The van der Waals surface area contributed by atoms with Gasteiger partial charge in [0.25, 0.3) is 0 Å². The van der Waals surface area contributed by atoms with Gasteiger partial charge < -0.3 is 10.2 Å². The van der Waals surface area contributed by atoms with Crippen LogP contribution in [0.15, 0.2) is 39.6 Å². The van der Waals surface area contributed by atoms with Crippen LogP contribution in [-0.2, 0) is 0 Å². The molecule has 3 N–H and O–H groups in total. The molecule has 0 aliphatic rings. The van der Waals surface area contributed by atoms with Crippen LogP contribution in [0.25, 0.3) is 22.4 Å². The summed E-state index contributed by atoms with van der Waals surface area (Å²) in [5, 5.41) is 7.09. The Kier molecular flexibility index (Phi) is 3.27. The lowest BCUT2D eigenvalue weighted by molar-refractivity contribution is 0.542. The number of nitrogens with zero attached hydrogens (tertiary/aromatic N) is 1. The fourth-order valence-corrected chi connectivity index (χ4v) is 2.69. The molecule has 0 bridgehead atoms. The van der Waals surface area contributed by atoms with Crippen molar-refractivity contribution in [3.8, 4) is 22.4 Å². The van der Waals surface area contributed by atoms with E-state index in [9.17, 15) is 4.39 Å². The number of halogens is 3. The molecule has 2 heterocycles. The zero-order valence-electron chi connectivity index (χ0n) is 9.95. The Balaban J connectivity index is 2.24. The van der Waals surface area contributed by atoms with Gasteiger partial charge in [0.05, 0.1) is 28.1 Å². The number of aromatic nitrogens is 2. The van der Waals surface area contributed by atoms with E-state index in [0.29, 0.717) is 21.5 Å². The lowest BCUT2D eigenvalue weighted by Crippen LogP contribution is -1.90. The summed E-state index contributed by atoms with van der Waals surface area (Å²) in [7, 11) is 0. The maximum absolute atomic E-state index is 13.2. The Morgan fingerprint density at radius 1 is 1.30 bits per heavy atom. The summed E-state index contributed by atoms with van der Waals surface area (Å²) < 4.78 is 18.9. The molecule has 2 aromatic heterocycles. The topological polar surface area (TPSA) is 67.8 Å². The minimum atomic E-state index is -0.410. The molecule has 0 saturated heterocycles. The number of nitrogens with two attached hydrogens (primary N) is 1. The van der Waals surface area contributed by atoms with Crippen molar-refractivity contribution in [2.45, 2.75) is 0 Å². The van der Waals surface area contributed by atoms with Crippen molar-refractivity contribution >= 4 is 33.3 Å². The van der Waals surface area contributed by atoms with E-state index in [4.69, 9.17) is 21.8 Å². The number of H-pyrrole nitrogens is 1. The van der Waals surface area contributed by atoms with E-state index in [0.717, 1.165) is 5.56 Å². The van der Waals surface area contributed by atoms with E-state index in [1.165, 1.54) is 18.4 Å². The molecule has 0 atom stereocenters. The zero-order valence-corrected chi connectivity index (χ0v) is 12.3. The van der Waals surface area contributed by atoms with Crippen LogP contribution >= 0.6 is 27.5 Å². The number of furan rings is 1. The van der Waals surface area contributed by atoms with Gasteiger partial charge in [-0.05, 0) is 40.2 Å². The standard InChI is InChI=1S/C13H8BrClFN3O/c14-12-8(3-4-20-12)11-10(13(17)19-18-11)7-2-1-6(16)5-9(7)15/h1-5H,(H3,17,18,19). The molecule has 0 fully saturated rings. The molecule has 7 heteroatoms. The van der Waals surface area contributed by atoms with Crippen LogP contribution in [0, 0.1) is 5.82 Å². The summed E-state index contributed by atoms with van der Waals surface area (Å²) in [5.74, 6) is -0.131. The summed E-state index contributed by atoms with van der Waals surface area (Å²) >= 11 is 9.39. The van der Waals surface area contributed by atoms with Crippen LogP contribution in [-0.4, -0.2) is 10.2 Å². The number of anilines is 1. The fraction of sp³-hybridized carbons (Fsp3) is 0. The van der Waals surface area contributed by atoms with Gasteiger partial charge in [0, 0.05) is 5.56 Å². The lowest BCUT2D eigenvalue weighted by atomic mass is 10.0. The third kappa shape index (κ3) is 2.10. The van der Waals surface area contributed by atoms with E-state index in [1.807, 2.05) is 0 Å². The molecule has 1 aromatic carbocycles. The molecule has 0 aliphatic heterocycles. The highest BCUT2D eigenvalue weighted by atomic mass is 79.9. The Bertz CT molecular complexity index is 784. The quantitative estimate of drug-likeness (QED) is 0.711. The lowest BCUT2D eigenvalue weighted by Gasteiger charge is -2.06. The number of rotatable bonds is 2. The first kappa shape index (κ1) is 13.2. The first-order valence-corrected chi connectivity index (χ1v) is 6.77. The first-order chi connectivity index (χ1) is 9.58. The molecule has 3 aromatic rings. The van der Waals surface area contributed by atoms with Crippen molar-refractivity contribution in [2.24, 2.45) is 0 Å². The Morgan fingerprint density at radius 2 is 2.10 bits per heavy atom. The van der Waals surface area contributed by atoms with Crippen molar-refractivity contribution in [3.63, 3.8) is 0 Å². The molecular weight excluding hydrogens is 349 g/mol. The maximum Gasteiger partial charge on any atom is 0.178 e. The smallest absolute Gasteiger partial charge is 0.178 e. The largest absolute Gasteiger partial charge is 0.457 e. The molecule has 3 rings (SSSR count). The summed E-state index contributed by atoms with van der Waals surface area (Å²) in [5.41, 5.74) is 8.51. The highest BCUT2D eigenvalue weighted by Crippen LogP contribution is 2.40. The van der Waals surface area contributed by atoms with Gasteiger partial charge in [-0.1, -0.05) is 11.6 Å². The zero-order chi connectivity index (χ0) is 14.3. The van der Waals surface area contributed by atoms with E-state index in [-0.39, 0.29) is 10.8 Å². The number of benzene rings is 1. The van der Waals surface area contributed by atoms with E-state index < -0.39 is 5.82 Å². The molecule has 4 nitrogen and oxygen atoms in total. The van der Waals surface area contributed by atoms with Crippen molar-refractivity contribution in [3.05, 3.63) is 46.0 Å². The molecule has 0 saturated carbocycles. The van der Waals surface area contributed by atoms with Crippen LogP contribution < -0.4 is 5.73 Å². The Morgan fingerprint density at radius 3 is 2.75 bits per heavy atom. The van der Waals surface area contributed by atoms with Crippen molar-refractivity contribution in [1.82, 2.24) is 10.2 Å². The molecule has 0 spiro atoms. The van der Waals surface area contributed by atoms with Crippen LogP contribution in [0.2, 0.25) is 5.02 Å². The van der Waals surface area contributed by atoms with Gasteiger partial charge in [-0.3, -0.25) is 5.10 Å². The number of aromatic amines is 1. The molecule has 0 radical (unpaired) electrons. The van der Waals surface area contributed by atoms with Gasteiger partial charge in [0.2, 0.25) is 0 Å². The fourth-order valence-electron chi connectivity index (χ4n) is 1.99. The Labute approximate surface area is 126 Å². The van der Waals surface area contributed by atoms with E-state index >= 15 is 0 Å². The van der Waals surface area contributed by atoms with Crippen molar-refractivity contribution in [2.75, 3.05) is 5.73 Å². The average Bonchev–Trinajstić information content (AvgIpc) is 2.96. The van der Waals surface area contributed by atoms with Gasteiger partial charge in [-0.25, -0.2) is 4.39 Å². The maximum atomic E-state index is 13.2. The highest BCUT2D eigenvalue weighted by molar-refractivity contribution is 9.10. The monoisotopic (exact) mass is 355 g/mol. The van der Waals surface area contributed by atoms with Gasteiger partial charge in [0.1, 0.15) is 5.82 Å². The molecular formula is C13H8BrClFN3O. The second kappa shape index (κ2) is 4.96. The second-order valence-electron chi connectivity index (χ2n) is 4.09. The average molecular weight is 357 g/mol. The predicted octanol–water partition coefficient (Wildman–Crippen LogP) is 4.47. The van der Waals surface area contributed by atoms with Gasteiger partial charge in [-0.2, -0.15) is 5.10 Å². The van der Waals surface area contributed by atoms with Crippen LogP contribution in [0.5, 0.6) is 0 Å². The first-order valence-electron chi connectivity index (χ1n) is 5.60. The van der Waals surface area contributed by atoms with Crippen molar-refractivity contribution in [1.29, 1.82) is 0 Å². The van der Waals surface area contributed by atoms with Gasteiger partial charge in [0.15, 0.2) is 10.5 Å². The second-order valence-corrected chi connectivity index (χ2v) is 5.22. The third-order valence-electron chi connectivity index (χ3n) is 2.88. The van der Waals surface area contributed by atoms with Crippen LogP contribution in [0.4, 0.5) is 10.2 Å². The number of hydrogen-bond donors (Lipinski definition) is 2. The molecule has 0 amide bonds. The molecule has 20 heavy (non-hydrogen) atoms. The summed E-state index contributed by atoms with van der Waals surface area (Å²) in [4.78, 5) is 0. The summed E-state index contributed by atoms with van der Waals surface area (Å²) in [6, 6.07) is 5.88. The van der Waals surface area contributed by atoms with E-state index in [1.54, 1.807) is 12.1 Å². The minimum absolute atomic E-state index is 0.263. The summed E-state index contributed by atoms with van der Waals surface area (Å²) in [6.45, 7) is 0. The number of hydrogen-bond acceptors (Lipinski definition) is 3. The third-order valence-corrected chi connectivity index (χ3v) is 3.81. The number of nitrogen functional groups attached to an aromatic ring is 1. The molecule has 0 unspecified atom stereocenters. The van der Waals surface area contributed by atoms with Crippen LogP contribution in [0.1, 0.15) is 0 Å². The van der Waals surface area contributed by atoms with Crippen molar-refractivity contribution < 1.29 is 8.81 Å². The normalized spacial score (nSPS) is 10.9. The number of nitrogens with one attached hydrogen (secondary N) is 1. The van der Waals surface area contributed by atoms with Crippen LogP contribution in [0.3, 0.4) is 0 Å². The minimum Gasteiger partial charge on any atom is -0.457 e. The summed E-state index contributed by atoms with van der Waals surface area (Å²) in [6.07, 6.45) is 1.53.